The van der Waals surface area contributed by atoms with E-state index in [-0.39, 0.29) is 11.4 Å². The van der Waals surface area contributed by atoms with Crippen LogP contribution in [0.1, 0.15) is 33.6 Å². The molecule has 120 valence electrons. The first-order valence-electron chi connectivity index (χ1n) is 7.84. The van der Waals surface area contributed by atoms with Gasteiger partial charge in [0, 0.05) is 25.0 Å². The number of nitrogens with zero attached hydrogens (tertiary/aromatic N) is 2. The van der Waals surface area contributed by atoms with E-state index in [4.69, 9.17) is 5.73 Å². The lowest BCUT2D eigenvalue weighted by Crippen LogP contribution is -2.52. The van der Waals surface area contributed by atoms with Crippen LogP contribution < -0.4 is 11.1 Å². The molecular weight excluding hydrogens is 276 g/mol. The summed E-state index contributed by atoms with van der Waals surface area (Å²) in [7, 11) is 0. The van der Waals surface area contributed by atoms with Gasteiger partial charge in [-0.3, -0.25) is 4.79 Å². The van der Waals surface area contributed by atoms with E-state index in [1.807, 2.05) is 35.8 Å². The predicted molar refractivity (Wildman–Crippen MR) is 89.4 cm³/mol. The molecule has 1 atom stereocenters. The summed E-state index contributed by atoms with van der Waals surface area (Å²) in [6, 6.07) is 7.93. The smallest absolute Gasteiger partial charge is 0.222 e. The molecule has 22 heavy (non-hydrogen) atoms. The molecule has 1 aromatic carbocycles. The minimum Gasteiger partial charge on any atom is -0.350 e. The molecule has 0 saturated carbocycles. The average Bonchev–Trinajstić information content (AvgIpc) is 2.87. The van der Waals surface area contributed by atoms with Crippen LogP contribution in [0.15, 0.2) is 30.6 Å². The zero-order chi connectivity index (χ0) is 16.2. The first kappa shape index (κ1) is 16.5. The van der Waals surface area contributed by atoms with Crippen LogP contribution in [-0.2, 0) is 11.3 Å². The van der Waals surface area contributed by atoms with E-state index in [0.717, 1.165) is 17.5 Å². The van der Waals surface area contributed by atoms with E-state index in [1.165, 1.54) is 0 Å². The number of benzene rings is 1. The molecule has 5 nitrogen and oxygen atoms in total. The summed E-state index contributed by atoms with van der Waals surface area (Å²) in [5, 5.41) is 3.09. The third kappa shape index (κ3) is 4.07. The Labute approximate surface area is 131 Å². The highest BCUT2D eigenvalue weighted by Gasteiger charge is 2.25. The second-order valence-corrected chi connectivity index (χ2v) is 6.59. The lowest BCUT2D eigenvalue weighted by Gasteiger charge is -2.31. The number of nitrogens with two attached hydrogens (primary N) is 1. The van der Waals surface area contributed by atoms with E-state index in [0.29, 0.717) is 25.4 Å². The molecular formula is C17H26N4O. The van der Waals surface area contributed by atoms with Gasteiger partial charge in [0.25, 0.3) is 0 Å². The SMILES string of the molecule is CC(C)CC(C)(CN)NC(=O)CCn1cnc2ccccc21. The molecule has 0 bridgehead atoms. The van der Waals surface area contributed by atoms with Crippen molar-refractivity contribution in [3.8, 4) is 0 Å². The van der Waals surface area contributed by atoms with E-state index in [1.54, 1.807) is 6.33 Å². The maximum absolute atomic E-state index is 12.2. The summed E-state index contributed by atoms with van der Waals surface area (Å²) in [5.74, 6) is 0.526. The van der Waals surface area contributed by atoms with Crippen molar-refractivity contribution in [2.75, 3.05) is 6.54 Å². The van der Waals surface area contributed by atoms with Crippen LogP contribution in [0.2, 0.25) is 0 Å². The second kappa shape index (κ2) is 6.92. The Hall–Kier alpha value is -1.88. The quantitative estimate of drug-likeness (QED) is 0.824. The molecule has 0 aliphatic rings. The minimum atomic E-state index is -0.331. The van der Waals surface area contributed by atoms with Crippen LogP contribution in [-0.4, -0.2) is 27.5 Å². The van der Waals surface area contributed by atoms with Crippen molar-refractivity contribution in [1.82, 2.24) is 14.9 Å². The van der Waals surface area contributed by atoms with Crippen molar-refractivity contribution in [2.45, 2.75) is 45.7 Å². The molecule has 0 spiro atoms. The van der Waals surface area contributed by atoms with Gasteiger partial charge in [0.05, 0.1) is 17.4 Å². The number of carbonyl (C=O) groups is 1. The zero-order valence-electron chi connectivity index (χ0n) is 13.7. The number of para-hydroxylation sites is 2. The summed E-state index contributed by atoms with van der Waals surface area (Å²) in [5.41, 5.74) is 7.52. The topological polar surface area (TPSA) is 72.9 Å². The number of aromatic nitrogens is 2. The third-order valence-corrected chi connectivity index (χ3v) is 3.86. The maximum atomic E-state index is 12.2. The normalized spacial score (nSPS) is 14.2. The first-order chi connectivity index (χ1) is 10.4. The average molecular weight is 302 g/mol. The Kier molecular flexibility index (Phi) is 5.19. The van der Waals surface area contributed by atoms with Crippen molar-refractivity contribution < 1.29 is 4.79 Å². The van der Waals surface area contributed by atoms with Gasteiger partial charge in [0.2, 0.25) is 5.91 Å². The molecule has 0 saturated heterocycles. The fourth-order valence-corrected chi connectivity index (χ4v) is 2.90. The first-order valence-corrected chi connectivity index (χ1v) is 7.84. The summed E-state index contributed by atoms with van der Waals surface area (Å²) in [6.45, 7) is 7.35. The van der Waals surface area contributed by atoms with E-state index >= 15 is 0 Å². The summed E-state index contributed by atoms with van der Waals surface area (Å²) in [4.78, 5) is 16.6. The number of rotatable bonds is 7. The summed E-state index contributed by atoms with van der Waals surface area (Å²) < 4.78 is 2.01. The predicted octanol–water partition coefficient (Wildman–Crippen LogP) is 2.31. The number of aryl methyl sites for hydroxylation is 1. The number of fused-ring (bicyclic) bond motifs is 1. The van der Waals surface area contributed by atoms with Gasteiger partial charge in [-0.05, 0) is 31.4 Å². The fourth-order valence-electron chi connectivity index (χ4n) is 2.90. The highest BCUT2D eigenvalue weighted by molar-refractivity contribution is 5.78. The lowest BCUT2D eigenvalue weighted by molar-refractivity contribution is -0.123. The minimum absolute atomic E-state index is 0.0337. The van der Waals surface area contributed by atoms with Crippen LogP contribution in [0.5, 0.6) is 0 Å². The van der Waals surface area contributed by atoms with Crippen molar-refractivity contribution in [2.24, 2.45) is 11.7 Å². The van der Waals surface area contributed by atoms with Gasteiger partial charge >= 0.3 is 0 Å². The van der Waals surface area contributed by atoms with Crippen molar-refractivity contribution in [1.29, 1.82) is 0 Å². The number of amides is 1. The number of nitrogens with one attached hydrogen (secondary N) is 1. The maximum Gasteiger partial charge on any atom is 0.222 e. The summed E-state index contributed by atoms with van der Waals surface area (Å²) >= 11 is 0. The lowest BCUT2D eigenvalue weighted by atomic mass is 9.90. The summed E-state index contributed by atoms with van der Waals surface area (Å²) in [6.07, 6.45) is 3.09. The molecule has 0 fully saturated rings. The van der Waals surface area contributed by atoms with Gasteiger partial charge in [-0.2, -0.15) is 0 Å². The number of hydrogen-bond donors (Lipinski definition) is 2. The Bertz CT molecular complexity index is 634. The number of hydrogen-bond acceptors (Lipinski definition) is 3. The highest BCUT2D eigenvalue weighted by Crippen LogP contribution is 2.16. The van der Waals surface area contributed by atoms with Gasteiger partial charge in [0.1, 0.15) is 0 Å². The molecule has 1 amide bonds. The Morgan fingerprint density at radius 3 is 2.82 bits per heavy atom. The van der Waals surface area contributed by atoms with Gasteiger partial charge < -0.3 is 15.6 Å². The van der Waals surface area contributed by atoms with Crippen molar-refractivity contribution in [3.63, 3.8) is 0 Å². The van der Waals surface area contributed by atoms with Crippen LogP contribution in [0.4, 0.5) is 0 Å². The number of imidazole rings is 1. The number of carbonyl (C=O) groups excluding carboxylic acids is 1. The molecule has 1 heterocycles. The Morgan fingerprint density at radius 1 is 1.41 bits per heavy atom. The van der Waals surface area contributed by atoms with Gasteiger partial charge in [0.15, 0.2) is 0 Å². The Balaban J connectivity index is 1.95. The second-order valence-electron chi connectivity index (χ2n) is 6.59. The molecule has 2 aromatic rings. The largest absolute Gasteiger partial charge is 0.350 e. The Morgan fingerprint density at radius 2 is 2.14 bits per heavy atom. The van der Waals surface area contributed by atoms with Crippen LogP contribution in [0.3, 0.4) is 0 Å². The molecule has 2 rings (SSSR count). The molecule has 1 aromatic heterocycles. The van der Waals surface area contributed by atoms with Gasteiger partial charge in [-0.15, -0.1) is 0 Å². The fraction of sp³-hybridized carbons (Fsp3) is 0.529. The molecule has 3 N–H and O–H groups in total. The van der Waals surface area contributed by atoms with Gasteiger partial charge in [-0.1, -0.05) is 26.0 Å². The molecule has 0 aliphatic carbocycles. The van der Waals surface area contributed by atoms with Crippen LogP contribution >= 0.6 is 0 Å². The van der Waals surface area contributed by atoms with E-state index < -0.39 is 0 Å². The van der Waals surface area contributed by atoms with Gasteiger partial charge in [-0.25, -0.2) is 4.98 Å². The molecule has 5 heteroatoms. The standard InChI is InChI=1S/C17H26N4O/c1-13(2)10-17(3,11-18)20-16(22)8-9-21-12-19-14-6-4-5-7-15(14)21/h4-7,12-13H,8-11,18H2,1-3H3,(H,20,22). The van der Waals surface area contributed by atoms with E-state index in [9.17, 15) is 4.79 Å². The van der Waals surface area contributed by atoms with Crippen LogP contribution in [0.25, 0.3) is 11.0 Å². The van der Waals surface area contributed by atoms with Crippen molar-refractivity contribution >= 4 is 16.9 Å². The molecule has 1 unspecified atom stereocenters. The third-order valence-electron chi connectivity index (χ3n) is 3.86. The van der Waals surface area contributed by atoms with Crippen LogP contribution in [0, 0.1) is 5.92 Å². The van der Waals surface area contributed by atoms with E-state index in [2.05, 4.69) is 24.1 Å². The van der Waals surface area contributed by atoms with Crippen molar-refractivity contribution in [3.05, 3.63) is 30.6 Å². The monoisotopic (exact) mass is 302 g/mol. The zero-order valence-corrected chi connectivity index (χ0v) is 13.7. The molecule has 0 aliphatic heterocycles. The molecule has 0 radical (unpaired) electrons. The highest BCUT2D eigenvalue weighted by atomic mass is 16.1.